The second kappa shape index (κ2) is 17.0. The van der Waals surface area contributed by atoms with E-state index in [2.05, 4.69) is 151 Å². The van der Waals surface area contributed by atoms with E-state index < -0.39 is 14.2 Å². The first-order valence-electron chi connectivity index (χ1n) is 23.5. The van der Waals surface area contributed by atoms with E-state index in [4.69, 9.17) is 18.6 Å². The molecule has 2 aromatic heterocycles. The first kappa shape index (κ1) is 43.1. The molecule has 0 unspecified atom stereocenters. The van der Waals surface area contributed by atoms with Crippen LogP contribution in [0.1, 0.15) is 146 Å². The highest BCUT2D eigenvalue weighted by molar-refractivity contribution is 6.63. The van der Waals surface area contributed by atoms with Gasteiger partial charge in [0.05, 0.1) is 22.4 Å². The zero-order valence-electron chi connectivity index (χ0n) is 38.5. The fourth-order valence-electron chi connectivity index (χ4n) is 9.42. The van der Waals surface area contributed by atoms with Gasteiger partial charge in [-0.15, -0.1) is 0 Å². The predicted molar refractivity (Wildman–Crippen MR) is 256 cm³/mol. The number of hydrogen-bond donors (Lipinski definition) is 0. The number of aromatic nitrogens is 2. The highest BCUT2D eigenvalue weighted by Crippen LogP contribution is 2.40. The molecule has 0 saturated carbocycles. The monoisotopic (exact) mass is 809 g/mol. The second-order valence-corrected chi connectivity index (χ2v) is 20.0. The maximum absolute atomic E-state index is 6.54. The molecule has 0 amide bonds. The number of hydrogen-bond acceptors (Lipinski definition) is 4. The Bertz CT molecular complexity index is 2270. The van der Waals surface area contributed by atoms with E-state index >= 15 is 0 Å². The molecule has 0 spiro atoms. The van der Waals surface area contributed by atoms with Crippen molar-refractivity contribution >= 4 is 68.8 Å². The molecule has 2 saturated heterocycles. The van der Waals surface area contributed by atoms with Crippen molar-refractivity contribution in [2.24, 2.45) is 0 Å². The van der Waals surface area contributed by atoms with Crippen LogP contribution in [0.15, 0.2) is 72.8 Å². The molecule has 0 radical (unpaired) electrons. The molecule has 8 rings (SSSR count). The quantitative estimate of drug-likeness (QED) is 0.0680. The Balaban J connectivity index is 1.19. The Hall–Kier alpha value is -3.55. The molecule has 0 aliphatic carbocycles. The summed E-state index contributed by atoms with van der Waals surface area (Å²) < 4.78 is 31.3. The predicted octanol–water partition coefficient (Wildman–Crippen LogP) is 12.9. The lowest BCUT2D eigenvalue weighted by Gasteiger charge is -2.32. The molecular formula is C52H70B2N2O4. The van der Waals surface area contributed by atoms with E-state index in [0.717, 1.165) is 36.9 Å². The molecule has 4 aromatic carbocycles. The van der Waals surface area contributed by atoms with Gasteiger partial charge in [-0.25, -0.2) is 0 Å². The normalized spacial score (nSPS) is 18.3. The van der Waals surface area contributed by atoms with Crippen molar-refractivity contribution in [1.29, 1.82) is 0 Å². The first-order chi connectivity index (χ1) is 28.6. The van der Waals surface area contributed by atoms with Crippen LogP contribution in [-0.4, -0.2) is 45.8 Å². The summed E-state index contributed by atoms with van der Waals surface area (Å²) in [5, 5.41) is 5.17. The molecule has 2 aliphatic heterocycles. The Morgan fingerprint density at radius 3 is 1.03 bits per heavy atom. The maximum atomic E-state index is 6.54. The van der Waals surface area contributed by atoms with Crippen molar-refractivity contribution in [2.45, 2.75) is 182 Å². The number of unbranched alkanes of at least 4 members (excludes halogenated alkanes) is 10. The Labute approximate surface area is 360 Å². The largest absolute Gasteiger partial charge is 0.494 e. The highest BCUT2D eigenvalue weighted by atomic mass is 16.7. The lowest BCUT2D eigenvalue weighted by atomic mass is 9.79. The van der Waals surface area contributed by atoms with E-state index in [0.29, 0.717) is 0 Å². The Morgan fingerprint density at radius 1 is 0.383 bits per heavy atom. The fourth-order valence-corrected chi connectivity index (χ4v) is 9.42. The van der Waals surface area contributed by atoms with Gasteiger partial charge in [-0.3, -0.25) is 0 Å². The Morgan fingerprint density at radius 2 is 0.683 bits per heavy atom. The van der Waals surface area contributed by atoms with E-state index in [1.807, 2.05) is 0 Å². The van der Waals surface area contributed by atoms with Crippen molar-refractivity contribution in [3.8, 4) is 11.1 Å². The van der Waals surface area contributed by atoms with Gasteiger partial charge in [-0.05, 0) is 115 Å². The molecular weight excluding hydrogens is 738 g/mol. The zero-order chi connectivity index (χ0) is 42.5. The van der Waals surface area contributed by atoms with E-state index in [1.54, 1.807) is 0 Å². The fraction of sp³-hybridized carbons (Fsp3) is 0.538. The molecule has 6 aromatic rings. The average molecular weight is 809 g/mol. The van der Waals surface area contributed by atoms with Crippen LogP contribution in [0.4, 0.5) is 0 Å². The standard InChI is InChI=1S/C52H70B2N2O4/c1-11-13-15-17-19-21-31-55-45-33-37(23-27-41(45)43-29-25-39(35-47(43)55)53-57-49(3,4)50(5,6)58-53)38-24-28-42-44-30-26-40(54-59-51(7,8)52(9,10)60-54)36-48(44)56(46(42)34-38)32-22-20-18-16-14-12-2/h23-30,33-36H,11-22,31-32H2,1-10H3. The van der Waals surface area contributed by atoms with Gasteiger partial charge >= 0.3 is 14.2 Å². The molecule has 2 fully saturated rings. The summed E-state index contributed by atoms with van der Waals surface area (Å²) in [7, 11) is -0.781. The molecule has 4 heterocycles. The lowest BCUT2D eigenvalue weighted by molar-refractivity contribution is 0.00578. The molecule has 8 heteroatoms. The minimum absolute atomic E-state index is 0.385. The van der Waals surface area contributed by atoms with Gasteiger partial charge in [0.25, 0.3) is 0 Å². The van der Waals surface area contributed by atoms with Crippen LogP contribution in [0.2, 0.25) is 0 Å². The van der Waals surface area contributed by atoms with E-state index in [1.165, 1.54) is 119 Å². The lowest BCUT2D eigenvalue weighted by Crippen LogP contribution is -2.41. The summed E-state index contributed by atoms with van der Waals surface area (Å²) in [5.41, 5.74) is 8.22. The SMILES string of the molecule is CCCCCCCCn1c2cc(B3OC(C)(C)C(C)(C)O3)ccc2c2ccc(-c3ccc4c5ccc(B6OC(C)(C)C(C)(C)O6)cc5n(CCCCCCCC)c4c3)cc21. The van der Waals surface area contributed by atoms with Crippen LogP contribution in [-0.2, 0) is 31.7 Å². The third-order valence-electron chi connectivity index (χ3n) is 14.6. The smallest absolute Gasteiger partial charge is 0.399 e. The third kappa shape index (κ3) is 8.12. The van der Waals surface area contributed by atoms with Crippen molar-refractivity contribution in [3.63, 3.8) is 0 Å². The molecule has 6 nitrogen and oxygen atoms in total. The molecule has 0 bridgehead atoms. The van der Waals surface area contributed by atoms with Crippen molar-refractivity contribution in [3.05, 3.63) is 72.8 Å². The number of nitrogens with zero attached hydrogens (tertiary/aromatic N) is 2. The van der Waals surface area contributed by atoms with Crippen LogP contribution in [0.5, 0.6) is 0 Å². The zero-order valence-corrected chi connectivity index (χ0v) is 38.5. The van der Waals surface area contributed by atoms with Crippen LogP contribution < -0.4 is 10.9 Å². The minimum Gasteiger partial charge on any atom is -0.399 e. The molecule has 318 valence electrons. The van der Waals surface area contributed by atoms with Gasteiger partial charge in [-0.1, -0.05) is 127 Å². The topological polar surface area (TPSA) is 46.8 Å². The molecule has 0 atom stereocenters. The summed E-state index contributed by atoms with van der Waals surface area (Å²) in [6.07, 6.45) is 15.2. The van der Waals surface area contributed by atoms with Crippen LogP contribution in [0, 0.1) is 0 Å². The minimum atomic E-state index is -0.390. The van der Waals surface area contributed by atoms with Crippen molar-refractivity contribution < 1.29 is 18.6 Å². The van der Waals surface area contributed by atoms with Crippen molar-refractivity contribution in [1.82, 2.24) is 9.13 Å². The van der Waals surface area contributed by atoms with E-state index in [9.17, 15) is 0 Å². The van der Waals surface area contributed by atoms with Crippen molar-refractivity contribution in [2.75, 3.05) is 0 Å². The molecule has 0 N–H and O–H groups in total. The highest BCUT2D eigenvalue weighted by Gasteiger charge is 2.53. The van der Waals surface area contributed by atoms with Gasteiger partial charge in [0, 0.05) is 56.7 Å². The molecule has 60 heavy (non-hydrogen) atoms. The van der Waals surface area contributed by atoms with Gasteiger partial charge in [0.15, 0.2) is 0 Å². The number of fused-ring (bicyclic) bond motifs is 6. The summed E-state index contributed by atoms with van der Waals surface area (Å²) >= 11 is 0. The number of aryl methyl sites for hydroxylation is 2. The van der Waals surface area contributed by atoms with Gasteiger partial charge in [-0.2, -0.15) is 0 Å². The van der Waals surface area contributed by atoms with Crippen LogP contribution >= 0.6 is 0 Å². The van der Waals surface area contributed by atoms with Gasteiger partial charge < -0.3 is 27.8 Å². The second-order valence-electron chi connectivity index (χ2n) is 20.0. The summed E-state index contributed by atoms with van der Waals surface area (Å²) in [5.74, 6) is 0. The summed E-state index contributed by atoms with van der Waals surface area (Å²) in [6.45, 7) is 23.6. The maximum Gasteiger partial charge on any atom is 0.494 e. The number of benzene rings is 4. The van der Waals surface area contributed by atoms with Crippen LogP contribution in [0.3, 0.4) is 0 Å². The van der Waals surface area contributed by atoms with E-state index in [-0.39, 0.29) is 22.4 Å². The number of rotatable bonds is 17. The Kier molecular flexibility index (Phi) is 12.2. The van der Waals surface area contributed by atoms with Gasteiger partial charge in [0.1, 0.15) is 0 Å². The summed E-state index contributed by atoms with van der Waals surface area (Å²) in [4.78, 5) is 0. The van der Waals surface area contributed by atoms with Crippen LogP contribution in [0.25, 0.3) is 54.7 Å². The average Bonchev–Trinajstić information content (AvgIpc) is 3.84. The third-order valence-corrected chi connectivity index (χ3v) is 14.6. The van der Waals surface area contributed by atoms with Gasteiger partial charge in [0.2, 0.25) is 0 Å². The summed E-state index contributed by atoms with van der Waals surface area (Å²) in [6, 6.07) is 27.9. The first-order valence-corrected chi connectivity index (χ1v) is 23.5. The molecule has 2 aliphatic rings.